The summed E-state index contributed by atoms with van der Waals surface area (Å²) in [5.41, 5.74) is 2.20. The van der Waals surface area contributed by atoms with Crippen LogP contribution in [0.3, 0.4) is 0 Å². The zero-order valence-electron chi connectivity index (χ0n) is 16.5. The van der Waals surface area contributed by atoms with Crippen molar-refractivity contribution in [2.24, 2.45) is 0 Å². The number of alkyl halides is 5. The molecular formula is C21H23F5N2OS. The molecule has 0 atom stereocenters. The molecule has 1 amide bonds. The summed E-state index contributed by atoms with van der Waals surface area (Å²) in [6.07, 6.45) is -4.65. The summed E-state index contributed by atoms with van der Waals surface area (Å²) in [6, 6.07) is 13.0. The van der Waals surface area contributed by atoms with Crippen molar-refractivity contribution in [2.45, 2.75) is 37.6 Å². The first kappa shape index (κ1) is 24.1. The Labute approximate surface area is 176 Å². The highest BCUT2D eigenvalue weighted by atomic mass is 32.2. The monoisotopic (exact) mass is 446 g/mol. The van der Waals surface area contributed by atoms with Gasteiger partial charge in [-0.1, -0.05) is 74.3 Å². The number of benzene rings is 2. The zero-order valence-corrected chi connectivity index (χ0v) is 17.3. The highest BCUT2D eigenvalue weighted by molar-refractivity contribution is 7.97. The molecule has 0 aromatic heterocycles. The van der Waals surface area contributed by atoms with E-state index in [9.17, 15) is 26.7 Å². The molecule has 0 heterocycles. The molecule has 0 bridgehead atoms. The second-order valence-electron chi connectivity index (χ2n) is 6.97. The van der Waals surface area contributed by atoms with Crippen LogP contribution >= 0.6 is 11.9 Å². The first-order chi connectivity index (χ1) is 14.0. The van der Waals surface area contributed by atoms with E-state index in [1.807, 2.05) is 19.2 Å². The lowest BCUT2D eigenvalue weighted by atomic mass is 10.00. The molecule has 0 spiro atoms. The molecule has 2 aromatic rings. The molecular weight excluding hydrogens is 423 g/mol. The Morgan fingerprint density at radius 2 is 1.47 bits per heavy atom. The van der Waals surface area contributed by atoms with Gasteiger partial charge >= 0.3 is 12.1 Å². The van der Waals surface area contributed by atoms with Crippen molar-refractivity contribution in [1.82, 2.24) is 10.0 Å². The lowest BCUT2D eigenvalue weighted by molar-refractivity contribution is -0.173. The maximum atomic E-state index is 14.3. The van der Waals surface area contributed by atoms with Gasteiger partial charge in [0.1, 0.15) is 0 Å². The van der Waals surface area contributed by atoms with Gasteiger partial charge < -0.3 is 5.32 Å². The average molecular weight is 446 g/mol. The summed E-state index contributed by atoms with van der Waals surface area (Å²) in [5.74, 6) is -4.96. The van der Waals surface area contributed by atoms with Crippen LogP contribution in [-0.4, -0.2) is 30.4 Å². The van der Waals surface area contributed by atoms with Gasteiger partial charge in [0.05, 0.1) is 6.54 Å². The molecule has 30 heavy (non-hydrogen) atoms. The van der Waals surface area contributed by atoms with E-state index >= 15 is 0 Å². The summed E-state index contributed by atoms with van der Waals surface area (Å²) in [6.45, 7) is 3.22. The van der Waals surface area contributed by atoms with E-state index in [1.165, 1.54) is 24.1 Å². The summed E-state index contributed by atoms with van der Waals surface area (Å²) in [4.78, 5) is 10.8. The zero-order chi connectivity index (χ0) is 22.4. The van der Waals surface area contributed by atoms with Crippen LogP contribution in [0.4, 0.5) is 22.0 Å². The van der Waals surface area contributed by atoms with Gasteiger partial charge in [0.25, 0.3) is 5.92 Å². The second-order valence-corrected chi connectivity index (χ2v) is 8.44. The molecule has 3 nitrogen and oxygen atoms in total. The first-order valence-electron chi connectivity index (χ1n) is 9.30. The third kappa shape index (κ3) is 7.28. The van der Waals surface area contributed by atoms with Crippen molar-refractivity contribution in [1.29, 1.82) is 0 Å². The molecule has 2 rings (SSSR count). The van der Waals surface area contributed by atoms with Gasteiger partial charge in [0, 0.05) is 17.4 Å². The fourth-order valence-electron chi connectivity index (χ4n) is 2.59. The van der Waals surface area contributed by atoms with Crippen molar-refractivity contribution in [3.8, 4) is 11.1 Å². The number of amides is 1. The Bertz CT molecular complexity index is 821. The van der Waals surface area contributed by atoms with Gasteiger partial charge in [-0.3, -0.25) is 9.52 Å². The number of rotatable bonds is 9. The third-order valence-electron chi connectivity index (χ3n) is 4.16. The van der Waals surface area contributed by atoms with E-state index in [4.69, 9.17) is 0 Å². The molecule has 2 N–H and O–H groups in total. The Hall–Kier alpha value is -2.13. The summed E-state index contributed by atoms with van der Waals surface area (Å²) in [5, 5.41) is 2.02. The normalized spacial score (nSPS) is 12.3. The number of nitrogens with one attached hydrogen (secondary N) is 2. The van der Waals surface area contributed by atoms with Crippen LogP contribution in [0.2, 0.25) is 0 Å². The molecule has 9 heteroatoms. The Balaban J connectivity index is 1.94. The number of hydrogen-bond donors (Lipinski definition) is 2. The van der Waals surface area contributed by atoms with Crippen molar-refractivity contribution < 1.29 is 26.7 Å². The summed E-state index contributed by atoms with van der Waals surface area (Å²) in [7, 11) is 0. The Kier molecular flexibility index (Phi) is 8.25. The number of hydrogen-bond acceptors (Lipinski definition) is 3. The molecule has 0 aliphatic heterocycles. The minimum Gasteiger partial charge on any atom is -0.348 e. The quantitative estimate of drug-likeness (QED) is 0.405. The van der Waals surface area contributed by atoms with Gasteiger partial charge in [0.15, 0.2) is 0 Å². The lowest BCUT2D eigenvalue weighted by Gasteiger charge is -2.18. The van der Waals surface area contributed by atoms with Crippen LogP contribution in [0.15, 0.2) is 48.5 Å². The van der Waals surface area contributed by atoms with Crippen molar-refractivity contribution in [3.63, 3.8) is 0 Å². The fraction of sp³-hybridized carbons (Fsp3) is 0.381. The lowest BCUT2D eigenvalue weighted by Crippen LogP contribution is -2.37. The maximum Gasteiger partial charge on any atom is 0.471 e. The smallest absolute Gasteiger partial charge is 0.348 e. The molecule has 0 radical (unpaired) electrons. The van der Waals surface area contributed by atoms with Crippen molar-refractivity contribution in [3.05, 3.63) is 59.7 Å². The van der Waals surface area contributed by atoms with Crippen LogP contribution in [0.1, 0.15) is 25.0 Å². The number of carbonyl (C=O) groups is 1. The van der Waals surface area contributed by atoms with Crippen LogP contribution in [0.25, 0.3) is 11.1 Å². The van der Waals surface area contributed by atoms with Crippen LogP contribution in [0, 0.1) is 0 Å². The average Bonchev–Trinajstić information content (AvgIpc) is 2.67. The summed E-state index contributed by atoms with van der Waals surface area (Å²) < 4.78 is 67.7. The van der Waals surface area contributed by atoms with E-state index in [-0.39, 0.29) is 23.8 Å². The maximum absolute atomic E-state index is 14.3. The highest BCUT2D eigenvalue weighted by Crippen LogP contribution is 2.30. The molecule has 164 valence electrons. The van der Waals surface area contributed by atoms with Gasteiger partial charge in [-0.2, -0.15) is 22.0 Å². The Morgan fingerprint density at radius 3 is 1.97 bits per heavy atom. The standard InChI is InChI=1S/C21H23F5N2OS/c1-14(2)30-28-13-20(22,23)18-9-7-17(8-10-18)16-5-3-15(4-6-16)11-12-27-19(29)21(24,25)26/h3-10,14,28H,11-13H2,1-2H3,(H,27,29). The minimum absolute atomic E-state index is 0.0832. The second kappa shape index (κ2) is 10.3. The van der Waals surface area contributed by atoms with Gasteiger partial charge in [0.2, 0.25) is 0 Å². The predicted octanol–water partition coefficient (Wildman–Crippen LogP) is 5.31. The van der Waals surface area contributed by atoms with Crippen molar-refractivity contribution in [2.75, 3.05) is 13.1 Å². The van der Waals surface area contributed by atoms with Gasteiger partial charge in [-0.15, -0.1) is 0 Å². The highest BCUT2D eigenvalue weighted by Gasteiger charge is 2.38. The first-order valence-corrected chi connectivity index (χ1v) is 10.2. The SMILES string of the molecule is CC(C)SNCC(F)(F)c1ccc(-c2ccc(CCNC(=O)C(F)(F)F)cc2)cc1. The van der Waals surface area contributed by atoms with Crippen LogP contribution in [-0.2, 0) is 17.1 Å². The van der Waals surface area contributed by atoms with E-state index in [2.05, 4.69) is 4.72 Å². The van der Waals surface area contributed by atoms with Crippen LogP contribution < -0.4 is 10.0 Å². The van der Waals surface area contributed by atoms with E-state index in [1.54, 1.807) is 36.4 Å². The fourth-order valence-corrected chi connectivity index (χ4v) is 3.19. The molecule has 2 aromatic carbocycles. The van der Waals surface area contributed by atoms with Crippen molar-refractivity contribution >= 4 is 17.9 Å². The Morgan fingerprint density at radius 1 is 0.933 bits per heavy atom. The van der Waals surface area contributed by atoms with E-state index in [0.29, 0.717) is 0 Å². The van der Waals surface area contributed by atoms with Crippen LogP contribution in [0.5, 0.6) is 0 Å². The molecule has 0 aliphatic rings. The molecule has 0 saturated carbocycles. The minimum atomic E-state index is -4.89. The van der Waals surface area contributed by atoms with E-state index in [0.717, 1.165) is 16.7 Å². The van der Waals surface area contributed by atoms with E-state index < -0.39 is 24.6 Å². The third-order valence-corrected chi connectivity index (χ3v) is 4.95. The largest absolute Gasteiger partial charge is 0.471 e. The molecule has 0 saturated heterocycles. The van der Waals surface area contributed by atoms with Gasteiger partial charge in [-0.25, -0.2) is 0 Å². The predicted molar refractivity (Wildman–Crippen MR) is 109 cm³/mol. The topological polar surface area (TPSA) is 41.1 Å². The molecule has 0 aliphatic carbocycles. The molecule has 0 fully saturated rings. The molecule has 0 unspecified atom stereocenters. The number of carbonyl (C=O) groups excluding carboxylic acids is 1. The van der Waals surface area contributed by atoms with Gasteiger partial charge in [-0.05, 0) is 23.1 Å². The summed E-state index contributed by atoms with van der Waals surface area (Å²) >= 11 is 1.25. The number of halogens is 5.